The van der Waals surface area contributed by atoms with E-state index in [1.165, 1.54) is 24.3 Å². The Morgan fingerprint density at radius 1 is 1.38 bits per heavy atom. The molecule has 0 unspecified atom stereocenters. The third kappa shape index (κ3) is 3.66. The fraction of sp³-hybridized carbons (Fsp3) is 0.300. The number of nitro groups is 1. The lowest BCUT2D eigenvalue weighted by atomic mass is 10.3. The first-order valence-electron chi connectivity index (χ1n) is 4.82. The molecule has 0 fully saturated rings. The van der Waals surface area contributed by atoms with Crippen molar-refractivity contribution in [1.82, 2.24) is 0 Å². The van der Waals surface area contributed by atoms with Gasteiger partial charge in [-0.1, -0.05) is 0 Å². The van der Waals surface area contributed by atoms with Crippen LogP contribution in [0, 0.1) is 10.1 Å². The summed E-state index contributed by atoms with van der Waals surface area (Å²) in [4.78, 5) is 22.3. The molecule has 0 saturated carbocycles. The third-order valence-electron chi connectivity index (χ3n) is 1.88. The predicted octanol–water partition coefficient (Wildman–Crippen LogP) is -0.322. The number of amides is 1. The highest BCUT2D eigenvalue weighted by Gasteiger charge is 2.08. The fourth-order valence-electron chi connectivity index (χ4n) is 1.19. The zero-order chi connectivity index (χ0) is 12.1. The second-order valence-corrected chi connectivity index (χ2v) is 3.74. The first-order chi connectivity index (χ1) is 7.49. The van der Waals surface area contributed by atoms with Gasteiger partial charge in [-0.25, -0.2) is 0 Å². The number of benzene rings is 1. The Hall–Kier alpha value is -1.95. The number of hydrogen-bond acceptors (Lipinski definition) is 3. The lowest BCUT2D eigenvalue weighted by Crippen LogP contribution is -3.06. The van der Waals surface area contributed by atoms with E-state index in [2.05, 4.69) is 5.32 Å². The van der Waals surface area contributed by atoms with Gasteiger partial charge < -0.3 is 10.2 Å². The van der Waals surface area contributed by atoms with Gasteiger partial charge in [0.05, 0.1) is 19.0 Å². The minimum atomic E-state index is -0.477. The van der Waals surface area contributed by atoms with Gasteiger partial charge in [0.1, 0.15) is 0 Å². The van der Waals surface area contributed by atoms with Crippen LogP contribution in [-0.2, 0) is 4.79 Å². The van der Waals surface area contributed by atoms with Crippen LogP contribution in [-0.4, -0.2) is 31.5 Å². The number of rotatable bonds is 4. The number of nitrogens with zero attached hydrogens (tertiary/aromatic N) is 1. The quantitative estimate of drug-likeness (QED) is 0.543. The zero-order valence-corrected chi connectivity index (χ0v) is 9.19. The van der Waals surface area contributed by atoms with Crippen LogP contribution in [0.5, 0.6) is 0 Å². The van der Waals surface area contributed by atoms with Crippen LogP contribution in [0.2, 0.25) is 0 Å². The number of carbonyl (C=O) groups is 1. The molecule has 6 nitrogen and oxygen atoms in total. The van der Waals surface area contributed by atoms with Gasteiger partial charge in [0, 0.05) is 17.8 Å². The van der Waals surface area contributed by atoms with Gasteiger partial charge in [-0.3, -0.25) is 14.9 Å². The zero-order valence-electron chi connectivity index (χ0n) is 9.19. The van der Waals surface area contributed by atoms with Crippen LogP contribution in [0.15, 0.2) is 24.3 Å². The maximum atomic E-state index is 11.4. The average molecular weight is 224 g/mol. The molecule has 0 aliphatic carbocycles. The van der Waals surface area contributed by atoms with Crippen LogP contribution >= 0.6 is 0 Å². The van der Waals surface area contributed by atoms with E-state index in [0.717, 1.165) is 4.90 Å². The van der Waals surface area contributed by atoms with E-state index in [9.17, 15) is 14.9 Å². The van der Waals surface area contributed by atoms with E-state index in [1.807, 2.05) is 14.1 Å². The standard InChI is InChI=1S/C10H13N3O3/c1-12(2)7-10(14)11-8-3-5-9(6-4-8)13(15)16/h3-6H,7H2,1-2H3,(H,11,14)/p+1. The van der Waals surface area contributed by atoms with Crippen LogP contribution in [0.25, 0.3) is 0 Å². The molecule has 0 aliphatic heterocycles. The van der Waals surface area contributed by atoms with Crippen LogP contribution in [0.1, 0.15) is 0 Å². The summed E-state index contributed by atoms with van der Waals surface area (Å²) < 4.78 is 0. The van der Waals surface area contributed by atoms with E-state index in [4.69, 9.17) is 0 Å². The summed E-state index contributed by atoms with van der Waals surface area (Å²) >= 11 is 0. The summed E-state index contributed by atoms with van der Waals surface area (Å²) in [6.45, 7) is 0.358. The molecule has 0 spiro atoms. The van der Waals surface area contributed by atoms with Crippen LogP contribution in [0.4, 0.5) is 11.4 Å². The maximum Gasteiger partial charge on any atom is 0.279 e. The second kappa shape index (κ2) is 5.22. The van der Waals surface area contributed by atoms with Gasteiger partial charge in [0.25, 0.3) is 11.6 Å². The number of anilines is 1. The van der Waals surface area contributed by atoms with Gasteiger partial charge in [-0.15, -0.1) is 0 Å². The van der Waals surface area contributed by atoms with Gasteiger partial charge in [0.15, 0.2) is 6.54 Å². The molecule has 86 valence electrons. The van der Waals surface area contributed by atoms with Crippen molar-refractivity contribution in [2.45, 2.75) is 0 Å². The summed E-state index contributed by atoms with van der Waals surface area (Å²) in [5.74, 6) is -0.117. The lowest BCUT2D eigenvalue weighted by molar-refractivity contribution is -0.849. The summed E-state index contributed by atoms with van der Waals surface area (Å²) in [6.07, 6.45) is 0. The van der Waals surface area contributed by atoms with E-state index in [-0.39, 0.29) is 11.6 Å². The van der Waals surface area contributed by atoms with Crippen molar-refractivity contribution >= 4 is 17.3 Å². The van der Waals surface area contributed by atoms with Crippen molar-refractivity contribution in [3.8, 4) is 0 Å². The Bertz CT molecular complexity index is 387. The molecule has 1 aromatic carbocycles. The van der Waals surface area contributed by atoms with Crippen LogP contribution < -0.4 is 10.2 Å². The van der Waals surface area contributed by atoms with Crippen molar-refractivity contribution in [1.29, 1.82) is 0 Å². The van der Waals surface area contributed by atoms with E-state index in [0.29, 0.717) is 12.2 Å². The molecule has 2 N–H and O–H groups in total. The molecule has 16 heavy (non-hydrogen) atoms. The van der Waals surface area contributed by atoms with E-state index < -0.39 is 4.92 Å². The Morgan fingerprint density at radius 3 is 2.38 bits per heavy atom. The van der Waals surface area contributed by atoms with Gasteiger partial charge in [-0.05, 0) is 12.1 Å². The summed E-state index contributed by atoms with van der Waals surface area (Å²) in [5, 5.41) is 13.1. The van der Waals surface area contributed by atoms with Crippen molar-refractivity contribution in [3.63, 3.8) is 0 Å². The van der Waals surface area contributed by atoms with Crippen LogP contribution in [0.3, 0.4) is 0 Å². The molecule has 1 rings (SSSR count). The monoisotopic (exact) mass is 224 g/mol. The molecule has 1 aromatic rings. The Morgan fingerprint density at radius 2 is 1.94 bits per heavy atom. The highest BCUT2D eigenvalue weighted by atomic mass is 16.6. The third-order valence-corrected chi connectivity index (χ3v) is 1.88. The molecule has 6 heteroatoms. The minimum Gasteiger partial charge on any atom is -0.332 e. The highest BCUT2D eigenvalue weighted by Crippen LogP contribution is 2.14. The number of quaternary nitrogens is 1. The van der Waals surface area contributed by atoms with Crippen molar-refractivity contribution in [2.75, 3.05) is 26.0 Å². The van der Waals surface area contributed by atoms with E-state index >= 15 is 0 Å². The number of nitrogens with one attached hydrogen (secondary N) is 2. The number of non-ortho nitro benzene ring substituents is 1. The molecule has 0 radical (unpaired) electrons. The molecule has 0 aromatic heterocycles. The number of hydrogen-bond donors (Lipinski definition) is 2. The summed E-state index contributed by atoms with van der Waals surface area (Å²) in [6, 6.07) is 5.75. The molecule has 0 aliphatic rings. The first-order valence-corrected chi connectivity index (χ1v) is 4.82. The predicted molar refractivity (Wildman–Crippen MR) is 59.4 cm³/mol. The molecular formula is C10H14N3O3+. The topological polar surface area (TPSA) is 76.7 Å². The molecule has 0 atom stereocenters. The lowest BCUT2D eigenvalue weighted by Gasteiger charge is -2.07. The Balaban J connectivity index is 2.62. The van der Waals surface area contributed by atoms with Crippen molar-refractivity contribution in [2.24, 2.45) is 0 Å². The summed E-state index contributed by atoms with van der Waals surface area (Å²) in [7, 11) is 3.74. The smallest absolute Gasteiger partial charge is 0.279 e. The molecule has 0 bridgehead atoms. The van der Waals surface area contributed by atoms with Gasteiger partial charge in [0.2, 0.25) is 0 Å². The second-order valence-electron chi connectivity index (χ2n) is 3.74. The number of likely N-dealkylation sites (N-methyl/N-ethyl adjacent to an activating group) is 1. The Labute approximate surface area is 93.0 Å². The normalized spacial score (nSPS) is 10.2. The van der Waals surface area contributed by atoms with Gasteiger partial charge in [-0.2, -0.15) is 0 Å². The maximum absolute atomic E-state index is 11.4. The molecule has 0 heterocycles. The Kier molecular flexibility index (Phi) is 3.96. The average Bonchev–Trinajstić information content (AvgIpc) is 2.16. The number of carbonyl (C=O) groups excluding carboxylic acids is 1. The number of nitro benzene ring substituents is 1. The van der Waals surface area contributed by atoms with Crippen molar-refractivity contribution < 1.29 is 14.6 Å². The summed E-state index contributed by atoms with van der Waals surface area (Å²) in [5.41, 5.74) is 0.577. The molecule has 1 amide bonds. The molecular weight excluding hydrogens is 210 g/mol. The van der Waals surface area contributed by atoms with Gasteiger partial charge >= 0.3 is 0 Å². The van der Waals surface area contributed by atoms with Crippen molar-refractivity contribution in [3.05, 3.63) is 34.4 Å². The largest absolute Gasteiger partial charge is 0.332 e. The highest BCUT2D eigenvalue weighted by molar-refractivity contribution is 5.91. The minimum absolute atomic E-state index is 0.0104. The first kappa shape index (κ1) is 12.1. The SMILES string of the molecule is C[NH+](C)CC(=O)Nc1ccc([N+](=O)[O-])cc1. The molecule has 0 saturated heterocycles. The fourth-order valence-corrected chi connectivity index (χ4v) is 1.19. The van der Waals surface area contributed by atoms with E-state index in [1.54, 1.807) is 0 Å².